The van der Waals surface area contributed by atoms with Gasteiger partial charge in [-0.25, -0.2) is 17.2 Å². The molecule has 1 N–H and O–H groups in total. The quantitative estimate of drug-likeness (QED) is 0.352. The lowest BCUT2D eigenvalue weighted by atomic mass is 10.1. The lowest BCUT2D eigenvalue weighted by molar-refractivity contribution is -0.139. The number of carbonyl (C=O) groups excluding carboxylic acids is 2. The largest absolute Gasteiger partial charge is 0.486 e. The maximum Gasteiger partial charge on any atom is 0.264 e. The molecule has 3 aromatic carbocycles. The molecule has 1 aliphatic heterocycles. The van der Waals surface area contributed by atoms with Gasteiger partial charge in [0, 0.05) is 18.7 Å². The fourth-order valence-corrected chi connectivity index (χ4v) is 5.71. The Bertz CT molecular complexity index is 1520. The van der Waals surface area contributed by atoms with Crippen LogP contribution in [0.3, 0.4) is 0 Å². The van der Waals surface area contributed by atoms with Gasteiger partial charge in [-0.3, -0.25) is 13.9 Å². The smallest absolute Gasteiger partial charge is 0.264 e. The SMILES string of the molecule is CC[C@H](C)NC(=O)[C@H](C)N(Cc1ccc(F)cc1)C(=O)CN(c1ccc(F)cc1)S(=O)(=O)c1ccc2c(c1)OCCO2. The molecule has 0 spiro atoms. The van der Waals surface area contributed by atoms with Crippen LogP contribution in [-0.2, 0) is 26.2 Å². The van der Waals surface area contributed by atoms with Gasteiger partial charge in [-0.15, -0.1) is 0 Å². The van der Waals surface area contributed by atoms with Crippen LogP contribution in [0.25, 0.3) is 0 Å². The van der Waals surface area contributed by atoms with E-state index in [1.807, 2.05) is 13.8 Å². The number of fused-ring (bicyclic) bond motifs is 1. The number of carbonyl (C=O) groups is 2. The molecule has 1 aliphatic rings. The lowest BCUT2D eigenvalue weighted by Gasteiger charge is -2.32. The number of amides is 2. The fraction of sp³-hybridized carbons (Fsp3) is 0.333. The lowest BCUT2D eigenvalue weighted by Crippen LogP contribution is -2.52. The molecule has 0 saturated carbocycles. The zero-order valence-corrected chi connectivity index (χ0v) is 24.4. The second-order valence-corrected chi connectivity index (χ2v) is 11.8. The second kappa shape index (κ2) is 13.2. The first-order chi connectivity index (χ1) is 20.0. The molecule has 0 radical (unpaired) electrons. The second-order valence-electron chi connectivity index (χ2n) is 9.94. The maximum atomic E-state index is 14.0. The van der Waals surface area contributed by atoms with Crippen molar-refractivity contribution >= 4 is 27.5 Å². The number of hydrogen-bond acceptors (Lipinski definition) is 6. The Balaban J connectivity index is 1.71. The van der Waals surface area contributed by atoms with E-state index in [9.17, 15) is 26.8 Å². The first-order valence-corrected chi connectivity index (χ1v) is 15.0. The molecule has 42 heavy (non-hydrogen) atoms. The summed E-state index contributed by atoms with van der Waals surface area (Å²) in [5.41, 5.74) is 0.578. The molecular formula is C30H33F2N3O6S. The third kappa shape index (κ3) is 7.17. The van der Waals surface area contributed by atoms with Crippen molar-refractivity contribution in [3.05, 3.63) is 83.9 Å². The van der Waals surface area contributed by atoms with E-state index in [1.54, 1.807) is 0 Å². The average molecular weight is 602 g/mol. The molecule has 1 heterocycles. The minimum atomic E-state index is -4.40. The molecule has 224 valence electrons. The zero-order valence-electron chi connectivity index (χ0n) is 23.5. The average Bonchev–Trinajstić information content (AvgIpc) is 2.99. The number of ether oxygens (including phenoxy) is 2. The molecule has 0 aromatic heterocycles. The summed E-state index contributed by atoms with van der Waals surface area (Å²) in [6.07, 6.45) is 0.663. The fourth-order valence-electron chi connectivity index (χ4n) is 4.28. The van der Waals surface area contributed by atoms with Gasteiger partial charge in [-0.05, 0) is 74.4 Å². The Hall–Kier alpha value is -4.19. The predicted octanol–water partition coefficient (Wildman–Crippen LogP) is 4.26. The number of nitrogens with zero attached hydrogens (tertiary/aromatic N) is 2. The molecular weight excluding hydrogens is 568 g/mol. The number of halogens is 2. The number of nitrogens with one attached hydrogen (secondary N) is 1. The molecule has 3 aromatic rings. The highest BCUT2D eigenvalue weighted by Crippen LogP contribution is 2.34. The molecule has 0 saturated heterocycles. The summed E-state index contributed by atoms with van der Waals surface area (Å²) in [5.74, 6) is -1.56. The summed E-state index contributed by atoms with van der Waals surface area (Å²) < 4.78 is 67.3. The zero-order chi connectivity index (χ0) is 30.4. The third-order valence-corrected chi connectivity index (χ3v) is 8.70. The van der Waals surface area contributed by atoms with Crippen LogP contribution in [-0.4, -0.2) is 57.0 Å². The van der Waals surface area contributed by atoms with E-state index in [-0.39, 0.29) is 35.5 Å². The van der Waals surface area contributed by atoms with Crippen molar-refractivity contribution in [2.75, 3.05) is 24.1 Å². The summed E-state index contributed by atoms with van der Waals surface area (Å²) in [6, 6.07) is 13.1. The number of benzene rings is 3. The highest BCUT2D eigenvalue weighted by atomic mass is 32.2. The monoisotopic (exact) mass is 601 g/mol. The van der Waals surface area contributed by atoms with Gasteiger partial charge in [0.05, 0.1) is 10.6 Å². The standard InChI is InChI=1S/C30H33F2N3O6S/c1-4-20(2)33-30(37)21(3)34(18-22-5-7-23(31)8-6-22)29(36)19-35(25-11-9-24(32)10-12-25)42(38,39)26-13-14-27-28(17-26)41-16-15-40-27/h5-14,17,20-21H,4,15-16,18-19H2,1-3H3,(H,33,37)/t20-,21-/m0/s1. The summed E-state index contributed by atoms with van der Waals surface area (Å²) >= 11 is 0. The van der Waals surface area contributed by atoms with Gasteiger partial charge in [0.1, 0.15) is 37.4 Å². The van der Waals surface area contributed by atoms with Crippen molar-refractivity contribution in [2.45, 2.75) is 50.7 Å². The number of anilines is 1. The highest BCUT2D eigenvalue weighted by molar-refractivity contribution is 7.92. The minimum Gasteiger partial charge on any atom is -0.486 e. The molecule has 2 amide bonds. The molecule has 12 heteroatoms. The van der Waals surface area contributed by atoms with Crippen molar-refractivity contribution in [3.63, 3.8) is 0 Å². The summed E-state index contributed by atoms with van der Waals surface area (Å²) in [6.45, 7) is 5.04. The van der Waals surface area contributed by atoms with Gasteiger partial charge in [-0.1, -0.05) is 19.1 Å². The summed E-state index contributed by atoms with van der Waals surface area (Å²) in [4.78, 5) is 28.1. The molecule has 0 aliphatic carbocycles. The van der Waals surface area contributed by atoms with Gasteiger partial charge in [0.2, 0.25) is 11.8 Å². The molecule has 0 unspecified atom stereocenters. The van der Waals surface area contributed by atoms with Crippen LogP contribution >= 0.6 is 0 Å². The van der Waals surface area contributed by atoms with Crippen molar-refractivity contribution in [1.29, 1.82) is 0 Å². The predicted molar refractivity (Wildman–Crippen MR) is 153 cm³/mol. The number of hydrogen-bond donors (Lipinski definition) is 1. The molecule has 4 rings (SSSR count). The van der Waals surface area contributed by atoms with Crippen molar-refractivity contribution in [2.24, 2.45) is 0 Å². The van der Waals surface area contributed by atoms with Crippen LogP contribution in [0, 0.1) is 11.6 Å². The maximum absolute atomic E-state index is 14.0. The Morgan fingerprint density at radius 1 is 0.905 bits per heavy atom. The Morgan fingerprint density at radius 2 is 1.50 bits per heavy atom. The summed E-state index contributed by atoms with van der Waals surface area (Å²) in [5, 5.41) is 2.84. The first-order valence-electron chi connectivity index (χ1n) is 13.5. The van der Waals surface area contributed by atoms with Gasteiger partial charge in [-0.2, -0.15) is 0 Å². The topological polar surface area (TPSA) is 105 Å². The van der Waals surface area contributed by atoms with Crippen LogP contribution in [0.15, 0.2) is 71.6 Å². The van der Waals surface area contributed by atoms with Crippen LogP contribution in [0.1, 0.15) is 32.8 Å². The molecule has 2 atom stereocenters. The Morgan fingerprint density at radius 3 is 2.12 bits per heavy atom. The van der Waals surface area contributed by atoms with E-state index in [4.69, 9.17) is 9.47 Å². The van der Waals surface area contributed by atoms with E-state index in [0.717, 1.165) is 16.4 Å². The highest BCUT2D eigenvalue weighted by Gasteiger charge is 2.33. The van der Waals surface area contributed by atoms with E-state index in [2.05, 4.69) is 5.32 Å². The molecule has 0 bridgehead atoms. The van der Waals surface area contributed by atoms with Crippen molar-refractivity contribution < 1.29 is 36.3 Å². The molecule has 0 fully saturated rings. The van der Waals surface area contributed by atoms with Crippen LogP contribution in [0.5, 0.6) is 11.5 Å². The van der Waals surface area contributed by atoms with Gasteiger partial charge >= 0.3 is 0 Å². The van der Waals surface area contributed by atoms with Crippen molar-refractivity contribution in [1.82, 2.24) is 10.2 Å². The van der Waals surface area contributed by atoms with Gasteiger partial charge < -0.3 is 19.7 Å². The third-order valence-electron chi connectivity index (χ3n) is 6.93. The van der Waals surface area contributed by atoms with E-state index in [0.29, 0.717) is 24.3 Å². The minimum absolute atomic E-state index is 0.0399. The van der Waals surface area contributed by atoms with Crippen molar-refractivity contribution in [3.8, 4) is 11.5 Å². The van der Waals surface area contributed by atoms with Gasteiger partial charge in [0.25, 0.3) is 10.0 Å². The first kappa shape index (κ1) is 30.8. The van der Waals surface area contributed by atoms with E-state index in [1.165, 1.54) is 66.4 Å². The molecule has 9 nitrogen and oxygen atoms in total. The van der Waals surface area contributed by atoms with Crippen LogP contribution in [0.2, 0.25) is 0 Å². The Labute approximate surface area is 244 Å². The van der Waals surface area contributed by atoms with E-state index < -0.39 is 46.1 Å². The van der Waals surface area contributed by atoms with Gasteiger partial charge in [0.15, 0.2) is 11.5 Å². The number of sulfonamides is 1. The summed E-state index contributed by atoms with van der Waals surface area (Å²) in [7, 11) is -4.40. The number of rotatable bonds is 11. The van der Waals surface area contributed by atoms with Crippen LogP contribution in [0.4, 0.5) is 14.5 Å². The van der Waals surface area contributed by atoms with E-state index >= 15 is 0 Å². The normalized spacial score (nSPS) is 14.0. The van der Waals surface area contributed by atoms with Crippen LogP contribution < -0.4 is 19.1 Å². The Kier molecular flexibility index (Phi) is 9.66.